The van der Waals surface area contributed by atoms with Gasteiger partial charge in [0, 0.05) is 12.6 Å². The summed E-state index contributed by atoms with van der Waals surface area (Å²) >= 11 is 0. The highest BCUT2D eigenvalue weighted by molar-refractivity contribution is 5.48. The third kappa shape index (κ3) is 3.56. The Labute approximate surface area is 87.1 Å². The number of nitrogen functional groups attached to an aromatic ring is 2. The van der Waals surface area contributed by atoms with Crippen molar-refractivity contribution in [3.8, 4) is 0 Å². The zero-order chi connectivity index (χ0) is 11.5. The number of anilines is 3. The first kappa shape index (κ1) is 11.5. The van der Waals surface area contributed by atoms with E-state index in [1.54, 1.807) is 0 Å². The SMILES string of the molecule is CC(O)(CO)CNc1cc(N)nc(N)n1. The van der Waals surface area contributed by atoms with Gasteiger partial charge in [-0.3, -0.25) is 0 Å². The smallest absolute Gasteiger partial charge is 0.223 e. The molecular weight excluding hydrogens is 198 g/mol. The molecule has 0 fully saturated rings. The van der Waals surface area contributed by atoms with Crippen molar-refractivity contribution in [1.82, 2.24) is 9.97 Å². The van der Waals surface area contributed by atoms with Gasteiger partial charge in [-0.2, -0.15) is 9.97 Å². The van der Waals surface area contributed by atoms with E-state index in [-0.39, 0.29) is 24.9 Å². The topological polar surface area (TPSA) is 130 Å². The predicted molar refractivity (Wildman–Crippen MR) is 57.1 cm³/mol. The first-order chi connectivity index (χ1) is 6.93. The molecule has 0 amide bonds. The molecule has 1 heterocycles. The van der Waals surface area contributed by atoms with E-state index in [0.29, 0.717) is 5.82 Å². The number of nitrogens with one attached hydrogen (secondary N) is 1. The van der Waals surface area contributed by atoms with Gasteiger partial charge in [-0.05, 0) is 6.92 Å². The first-order valence-corrected chi connectivity index (χ1v) is 4.40. The van der Waals surface area contributed by atoms with Crippen molar-refractivity contribution in [2.75, 3.05) is 29.9 Å². The van der Waals surface area contributed by atoms with Gasteiger partial charge in [-0.15, -0.1) is 0 Å². The summed E-state index contributed by atoms with van der Waals surface area (Å²) in [5.74, 6) is 0.712. The van der Waals surface area contributed by atoms with E-state index in [1.165, 1.54) is 13.0 Å². The quantitative estimate of drug-likeness (QED) is 0.424. The summed E-state index contributed by atoms with van der Waals surface area (Å²) in [6, 6.07) is 1.49. The van der Waals surface area contributed by atoms with Gasteiger partial charge in [0.15, 0.2) is 0 Å². The summed E-state index contributed by atoms with van der Waals surface area (Å²) in [5.41, 5.74) is 9.61. The molecule has 1 atom stereocenters. The second kappa shape index (κ2) is 4.28. The Bertz CT molecular complexity index is 322. The summed E-state index contributed by atoms with van der Waals surface area (Å²) < 4.78 is 0. The zero-order valence-electron chi connectivity index (χ0n) is 8.44. The average Bonchev–Trinajstić information content (AvgIpc) is 2.14. The lowest BCUT2D eigenvalue weighted by atomic mass is 10.1. The van der Waals surface area contributed by atoms with Crippen LogP contribution in [-0.2, 0) is 0 Å². The Morgan fingerprint density at radius 2 is 2.13 bits per heavy atom. The van der Waals surface area contributed by atoms with Crippen LogP contribution in [0.4, 0.5) is 17.6 Å². The molecule has 0 spiro atoms. The van der Waals surface area contributed by atoms with Crippen molar-refractivity contribution in [3.63, 3.8) is 0 Å². The molecule has 0 aliphatic rings. The van der Waals surface area contributed by atoms with Crippen molar-refractivity contribution in [1.29, 1.82) is 0 Å². The minimum Gasteiger partial charge on any atom is -0.393 e. The fraction of sp³-hybridized carbons (Fsp3) is 0.500. The normalized spacial score (nSPS) is 14.6. The number of nitrogens with zero attached hydrogens (tertiary/aromatic N) is 2. The van der Waals surface area contributed by atoms with E-state index in [1.807, 2.05) is 0 Å². The van der Waals surface area contributed by atoms with Crippen LogP contribution in [0.15, 0.2) is 6.07 Å². The first-order valence-electron chi connectivity index (χ1n) is 4.40. The molecule has 1 unspecified atom stereocenters. The van der Waals surface area contributed by atoms with Crippen molar-refractivity contribution >= 4 is 17.6 Å². The number of aromatic nitrogens is 2. The third-order valence-corrected chi connectivity index (χ3v) is 1.75. The van der Waals surface area contributed by atoms with Crippen LogP contribution in [0, 0.1) is 0 Å². The van der Waals surface area contributed by atoms with Gasteiger partial charge >= 0.3 is 0 Å². The van der Waals surface area contributed by atoms with Crippen LogP contribution in [-0.4, -0.2) is 38.9 Å². The Morgan fingerprint density at radius 3 is 2.67 bits per heavy atom. The van der Waals surface area contributed by atoms with E-state index < -0.39 is 5.60 Å². The number of aliphatic hydroxyl groups excluding tert-OH is 1. The Kier molecular flexibility index (Phi) is 3.28. The number of rotatable bonds is 4. The van der Waals surface area contributed by atoms with Gasteiger partial charge < -0.3 is 27.0 Å². The van der Waals surface area contributed by atoms with Crippen LogP contribution in [0.2, 0.25) is 0 Å². The third-order valence-electron chi connectivity index (χ3n) is 1.75. The second-order valence-electron chi connectivity index (χ2n) is 3.54. The predicted octanol–water partition coefficient (Wildman–Crippen LogP) is -1.20. The molecule has 0 aromatic carbocycles. The largest absolute Gasteiger partial charge is 0.393 e. The molecule has 84 valence electrons. The van der Waals surface area contributed by atoms with Crippen LogP contribution in [0.3, 0.4) is 0 Å². The minimum atomic E-state index is -1.21. The Balaban J connectivity index is 2.65. The standard InChI is InChI=1S/C8H15N5O2/c1-8(15,4-14)3-11-6-2-5(9)12-7(10)13-6/h2,14-15H,3-4H2,1H3,(H5,9,10,11,12,13). The maximum atomic E-state index is 9.50. The van der Waals surface area contributed by atoms with Crippen molar-refractivity contribution in [3.05, 3.63) is 6.07 Å². The molecule has 0 aliphatic heterocycles. The van der Waals surface area contributed by atoms with Gasteiger partial charge in [-0.1, -0.05) is 0 Å². The van der Waals surface area contributed by atoms with Gasteiger partial charge in [0.1, 0.15) is 17.2 Å². The lowest BCUT2D eigenvalue weighted by Crippen LogP contribution is -2.37. The fourth-order valence-electron chi connectivity index (χ4n) is 0.913. The fourth-order valence-corrected chi connectivity index (χ4v) is 0.913. The summed E-state index contributed by atoms with van der Waals surface area (Å²) in [6.45, 7) is 1.28. The Hall–Kier alpha value is -1.60. The molecule has 0 radical (unpaired) electrons. The van der Waals surface area contributed by atoms with Gasteiger partial charge in [0.2, 0.25) is 5.95 Å². The molecule has 7 N–H and O–H groups in total. The highest BCUT2D eigenvalue weighted by Gasteiger charge is 2.18. The Morgan fingerprint density at radius 1 is 1.47 bits per heavy atom. The molecule has 1 aromatic heterocycles. The number of aliphatic hydroxyl groups is 2. The van der Waals surface area contributed by atoms with Crippen LogP contribution < -0.4 is 16.8 Å². The zero-order valence-corrected chi connectivity index (χ0v) is 8.44. The van der Waals surface area contributed by atoms with Crippen molar-refractivity contribution in [2.24, 2.45) is 0 Å². The van der Waals surface area contributed by atoms with Crippen molar-refractivity contribution in [2.45, 2.75) is 12.5 Å². The summed E-state index contributed by atoms with van der Waals surface area (Å²) in [7, 11) is 0. The molecular formula is C8H15N5O2. The molecule has 7 nitrogen and oxygen atoms in total. The van der Waals surface area contributed by atoms with Gasteiger partial charge in [0.05, 0.1) is 6.61 Å². The van der Waals surface area contributed by atoms with Crippen LogP contribution in [0.25, 0.3) is 0 Å². The second-order valence-corrected chi connectivity index (χ2v) is 3.54. The highest BCUT2D eigenvalue weighted by atomic mass is 16.3. The molecule has 0 saturated carbocycles. The van der Waals surface area contributed by atoms with Gasteiger partial charge in [-0.25, -0.2) is 0 Å². The molecule has 1 aromatic rings. The molecule has 0 aliphatic carbocycles. The van der Waals surface area contributed by atoms with E-state index in [0.717, 1.165) is 0 Å². The number of hydrogen-bond donors (Lipinski definition) is 5. The maximum Gasteiger partial charge on any atom is 0.223 e. The van der Waals surface area contributed by atoms with Gasteiger partial charge in [0.25, 0.3) is 0 Å². The summed E-state index contributed by atoms with van der Waals surface area (Å²) in [4.78, 5) is 7.55. The van der Waals surface area contributed by atoms with E-state index in [2.05, 4.69) is 15.3 Å². The van der Waals surface area contributed by atoms with Crippen molar-refractivity contribution < 1.29 is 10.2 Å². The lowest BCUT2D eigenvalue weighted by molar-refractivity contribution is 0.0132. The maximum absolute atomic E-state index is 9.50. The molecule has 15 heavy (non-hydrogen) atoms. The molecule has 1 rings (SSSR count). The monoisotopic (exact) mass is 213 g/mol. The van der Waals surface area contributed by atoms with Crippen LogP contribution >= 0.6 is 0 Å². The lowest BCUT2D eigenvalue weighted by Gasteiger charge is -2.20. The van der Waals surface area contributed by atoms with Crippen LogP contribution in [0.5, 0.6) is 0 Å². The molecule has 7 heteroatoms. The number of hydrogen-bond acceptors (Lipinski definition) is 7. The summed E-state index contributed by atoms with van der Waals surface area (Å²) in [6.07, 6.45) is 0. The molecule has 0 saturated heterocycles. The summed E-state index contributed by atoms with van der Waals surface area (Å²) in [5, 5.41) is 21.1. The molecule has 0 bridgehead atoms. The average molecular weight is 213 g/mol. The van der Waals surface area contributed by atoms with E-state index in [4.69, 9.17) is 16.6 Å². The van der Waals surface area contributed by atoms with Crippen LogP contribution in [0.1, 0.15) is 6.92 Å². The minimum absolute atomic E-state index is 0.0566. The highest BCUT2D eigenvalue weighted by Crippen LogP contribution is 2.11. The van der Waals surface area contributed by atoms with E-state index >= 15 is 0 Å². The number of nitrogens with two attached hydrogens (primary N) is 2. The van der Waals surface area contributed by atoms with E-state index in [9.17, 15) is 5.11 Å².